The molecular formula is C50H57N9O8S. The number of benzene rings is 3. The van der Waals surface area contributed by atoms with E-state index < -0.39 is 31.4 Å². The third-order valence-electron chi connectivity index (χ3n) is 15.9. The van der Waals surface area contributed by atoms with E-state index >= 15 is 0 Å². The molecule has 1 aliphatic carbocycles. The minimum absolute atomic E-state index is 0.0348. The van der Waals surface area contributed by atoms with Crippen LogP contribution in [0.25, 0.3) is 11.0 Å². The number of rotatable bonds is 10. The zero-order valence-corrected chi connectivity index (χ0v) is 39.0. The second kappa shape index (κ2) is 16.9. The van der Waals surface area contributed by atoms with Crippen LogP contribution in [0.15, 0.2) is 77.8 Å². The molecule has 5 fully saturated rings. The lowest BCUT2D eigenvalue weighted by atomic mass is 9.59. The lowest BCUT2D eigenvalue weighted by Gasteiger charge is -2.56. The van der Waals surface area contributed by atoms with Gasteiger partial charge in [-0.25, -0.2) is 13.1 Å². The summed E-state index contributed by atoms with van der Waals surface area (Å²) >= 11 is 0. The molecule has 0 unspecified atom stereocenters. The van der Waals surface area contributed by atoms with Crippen molar-refractivity contribution in [3.05, 3.63) is 99.7 Å². The number of carbonyl (C=O) groups excluding carboxylic acids is 1. The third-order valence-corrected chi connectivity index (χ3v) is 17.2. The van der Waals surface area contributed by atoms with Crippen LogP contribution in [0.1, 0.15) is 78.9 Å². The van der Waals surface area contributed by atoms with E-state index in [9.17, 15) is 23.3 Å². The number of H-pyrrole nitrogens is 1. The van der Waals surface area contributed by atoms with Gasteiger partial charge in [0.1, 0.15) is 17.9 Å². The fraction of sp³-hybridized carbons (Fsp3) is 0.480. The number of morpholine rings is 1. The number of nitrogens with one attached hydrogen (secondary N) is 3. The SMILES string of the molecule is Cc1ccccc1[C@@H]1CCCN1C1CC2(CCN(c3ccc(C(=O)NS(=O)(=O)c4cc5c(c([N+](=O)[O-])c4)N[C@H](CN4C[C@@H]6C[C@H]4CO6)CO5)c(N4CCCOc5nc6[nH]ccc6cc54)c3)CC2)C1. The molecule has 5 aromatic rings. The van der Waals surface area contributed by atoms with Gasteiger partial charge in [-0.3, -0.25) is 24.7 Å². The summed E-state index contributed by atoms with van der Waals surface area (Å²) in [5.74, 6) is -0.434. The molecular weight excluding hydrogens is 887 g/mol. The topological polar surface area (TPSA) is 188 Å². The van der Waals surface area contributed by atoms with Crippen LogP contribution in [-0.4, -0.2) is 122 Å². The van der Waals surface area contributed by atoms with Crippen LogP contribution < -0.4 is 29.3 Å². The average molecular weight is 944 g/mol. The summed E-state index contributed by atoms with van der Waals surface area (Å²) < 4.78 is 48.6. The summed E-state index contributed by atoms with van der Waals surface area (Å²) in [4.78, 5) is 43.3. The van der Waals surface area contributed by atoms with E-state index in [1.807, 2.05) is 35.4 Å². The summed E-state index contributed by atoms with van der Waals surface area (Å²) in [5, 5.41) is 16.6. The number of sulfonamides is 1. The van der Waals surface area contributed by atoms with Crippen LogP contribution in [0.3, 0.4) is 0 Å². The maximum Gasteiger partial charge on any atom is 0.297 e. The molecule has 68 heavy (non-hydrogen) atoms. The molecule has 4 saturated heterocycles. The van der Waals surface area contributed by atoms with Crippen molar-refractivity contribution in [3.63, 3.8) is 0 Å². The summed E-state index contributed by atoms with van der Waals surface area (Å²) in [5.41, 5.74) is 5.70. The van der Waals surface area contributed by atoms with Crippen molar-refractivity contribution in [2.24, 2.45) is 5.41 Å². The summed E-state index contributed by atoms with van der Waals surface area (Å²) in [6.45, 7) is 8.23. The number of likely N-dealkylation sites (tertiary alicyclic amines) is 2. The van der Waals surface area contributed by atoms with Crippen LogP contribution in [0.5, 0.6) is 11.6 Å². The number of amides is 1. The minimum atomic E-state index is -4.65. The number of hydrogen-bond donors (Lipinski definition) is 3. The first-order valence-corrected chi connectivity index (χ1v) is 25.7. The fourth-order valence-corrected chi connectivity index (χ4v) is 13.4. The predicted octanol–water partition coefficient (Wildman–Crippen LogP) is 7.05. The van der Waals surface area contributed by atoms with E-state index in [1.54, 1.807) is 6.07 Å². The Kier molecular flexibility index (Phi) is 10.8. The van der Waals surface area contributed by atoms with Gasteiger partial charge in [0.15, 0.2) is 11.4 Å². The van der Waals surface area contributed by atoms with Gasteiger partial charge in [0.05, 0.1) is 46.4 Å². The van der Waals surface area contributed by atoms with Crippen LogP contribution in [0.2, 0.25) is 0 Å². The van der Waals surface area contributed by atoms with Gasteiger partial charge in [-0.15, -0.1) is 0 Å². The Morgan fingerprint density at radius 3 is 2.62 bits per heavy atom. The molecule has 18 heteroatoms. The van der Waals surface area contributed by atoms with Gasteiger partial charge >= 0.3 is 0 Å². The Hall–Kier alpha value is -5.95. The number of aromatic amines is 1. The summed E-state index contributed by atoms with van der Waals surface area (Å²) in [6.07, 6.45) is 10.6. The molecule has 356 valence electrons. The lowest BCUT2D eigenvalue weighted by molar-refractivity contribution is -0.384. The molecule has 17 nitrogen and oxygen atoms in total. The Bertz CT molecular complexity index is 2910. The Balaban J connectivity index is 0.804. The maximum absolute atomic E-state index is 14.5. The maximum atomic E-state index is 14.5. The van der Waals surface area contributed by atoms with Crippen LogP contribution >= 0.6 is 0 Å². The number of anilines is 4. The highest BCUT2D eigenvalue weighted by Gasteiger charge is 2.50. The van der Waals surface area contributed by atoms with Gasteiger partial charge in [-0.1, -0.05) is 24.3 Å². The van der Waals surface area contributed by atoms with Crippen molar-refractivity contribution in [2.45, 2.75) is 93.5 Å². The van der Waals surface area contributed by atoms with Gasteiger partial charge in [0.2, 0.25) is 5.88 Å². The highest BCUT2D eigenvalue weighted by molar-refractivity contribution is 7.90. The number of hydrogen-bond acceptors (Lipinski definition) is 14. The monoisotopic (exact) mass is 943 g/mol. The highest BCUT2D eigenvalue weighted by Crippen LogP contribution is 2.54. The van der Waals surface area contributed by atoms with Crippen molar-refractivity contribution in [3.8, 4) is 11.6 Å². The molecule has 2 bridgehead atoms. The number of piperidine rings is 1. The number of aromatic nitrogens is 2. The summed E-state index contributed by atoms with van der Waals surface area (Å²) in [6, 6.07) is 21.7. The molecule has 1 spiro atoms. The molecule has 3 aromatic carbocycles. The van der Waals surface area contributed by atoms with Crippen LogP contribution in [-0.2, 0) is 14.8 Å². The number of nitrogens with zero attached hydrogens (tertiary/aromatic N) is 6. The molecule has 4 atom stereocenters. The smallest absolute Gasteiger partial charge is 0.297 e. The van der Waals surface area contributed by atoms with Crippen molar-refractivity contribution in [1.29, 1.82) is 0 Å². The molecule has 1 amide bonds. The normalized spacial score (nSPS) is 24.7. The minimum Gasteiger partial charge on any atom is -0.489 e. The van der Waals surface area contributed by atoms with Gasteiger partial charge in [0.25, 0.3) is 21.6 Å². The van der Waals surface area contributed by atoms with E-state index in [0.717, 1.165) is 62.6 Å². The molecule has 12 rings (SSSR count). The van der Waals surface area contributed by atoms with E-state index in [4.69, 9.17) is 19.2 Å². The molecule has 8 heterocycles. The van der Waals surface area contributed by atoms with Crippen LogP contribution in [0.4, 0.5) is 28.4 Å². The standard InChI is InChI=1S/C50H57N9O8S/c1-31-6-2-3-7-39(31)41-8-4-15-57(41)36-25-50(26-36)12-17-55(18-13-50)34-9-10-40(42(22-34)58-16-5-19-65-49-44(58)20-32-11-14-51-47(32)53-49)48(60)54-68(63,64)38-23-43(59(61)62)46-45(24-38)67-29-33(52-46)27-56-28-37-21-35(56)30-66-37/h2-3,6-7,9-11,14,20,22-24,33,35-37,41,52H,4-5,8,12-13,15-19,21,25-30H2,1H3,(H,51,53)(H,54,60)/t33-,35+,37+,41+/m1/s1. The van der Waals surface area contributed by atoms with Crippen molar-refractivity contribution < 1.29 is 32.3 Å². The fourth-order valence-electron chi connectivity index (χ4n) is 12.4. The first kappa shape index (κ1) is 43.3. The number of ether oxygens (including phenoxy) is 3. The Labute approximate surface area is 395 Å². The van der Waals surface area contributed by atoms with E-state index in [0.29, 0.717) is 79.2 Å². The highest BCUT2D eigenvalue weighted by atomic mass is 32.2. The number of nitro groups is 1. The summed E-state index contributed by atoms with van der Waals surface area (Å²) in [7, 11) is -4.65. The van der Waals surface area contributed by atoms with Gasteiger partial charge in [-0.2, -0.15) is 4.98 Å². The van der Waals surface area contributed by atoms with Gasteiger partial charge < -0.3 is 34.3 Å². The zero-order chi connectivity index (χ0) is 46.3. The quantitative estimate of drug-likeness (QED) is 0.0955. The van der Waals surface area contributed by atoms with Crippen LogP contribution in [0, 0.1) is 22.5 Å². The largest absolute Gasteiger partial charge is 0.489 e. The molecule has 3 N–H and O–H groups in total. The Morgan fingerprint density at radius 1 is 0.971 bits per heavy atom. The van der Waals surface area contributed by atoms with E-state index in [1.165, 1.54) is 42.9 Å². The second-order valence-electron chi connectivity index (χ2n) is 20.0. The Morgan fingerprint density at radius 2 is 1.82 bits per heavy atom. The number of carbonyl (C=O) groups is 1. The third kappa shape index (κ3) is 7.78. The van der Waals surface area contributed by atoms with Crippen molar-refractivity contribution in [1.82, 2.24) is 24.5 Å². The molecule has 0 radical (unpaired) electrons. The first-order valence-electron chi connectivity index (χ1n) is 24.2. The first-order chi connectivity index (χ1) is 33.0. The van der Waals surface area contributed by atoms with Gasteiger partial charge in [0, 0.05) is 80.3 Å². The zero-order valence-electron chi connectivity index (χ0n) is 38.2. The van der Waals surface area contributed by atoms with E-state index in [-0.39, 0.29) is 35.8 Å². The lowest BCUT2D eigenvalue weighted by Crippen LogP contribution is -2.54. The average Bonchev–Trinajstić information content (AvgIpc) is 4.15. The van der Waals surface area contributed by atoms with Crippen molar-refractivity contribution in [2.75, 3.05) is 74.2 Å². The molecule has 6 aliphatic heterocycles. The second-order valence-corrected chi connectivity index (χ2v) is 21.7. The molecule has 2 aromatic heterocycles. The number of nitro benzene ring substituents is 1. The molecule has 7 aliphatic rings. The number of aryl methyl sites for hydroxylation is 1. The number of fused-ring (bicyclic) bond motifs is 5. The predicted molar refractivity (Wildman–Crippen MR) is 257 cm³/mol. The van der Waals surface area contributed by atoms with Crippen molar-refractivity contribution >= 4 is 55.4 Å². The number of pyridine rings is 1. The van der Waals surface area contributed by atoms with E-state index in [2.05, 4.69) is 60.9 Å². The van der Waals surface area contributed by atoms with Gasteiger partial charge in [-0.05, 0) is 112 Å². The molecule has 1 saturated carbocycles.